The molecule has 1 aromatic carbocycles. The minimum absolute atomic E-state index is 0.310. The predicted molar refractivity (Wildman–Crippen MR) is 116 cm³/mol. The van der Waals surface area contributed by atoms with Gasteiger partial charge in [0.05, 0.1) is 13.2 Å². The lowest BCUT2D eigenvalue weighted by molar-refractivity contribution is 0.146. The van der Waals surface area contributed by atoms with Gasteiger partial charge in [-0.3, -0.25) is 4.21 Å². The van der Waals surface area contributed by atoms with Gasteiger partial charge >= 0.3 is 0 Å². The van der Waals surface area contributed by atoms with Crippen molar-refractivity contribution >= 4 is 16.8 Å². The summed E-state index contributed by atoms with van der Waals surface area (Å²) in [5.74, 6) is 2.42. The maximum Gasteiger partial charge on any atom is 0.191 e. The van der Waals surface area contributed by atoms with E-state index in [4.69, 9.17) is 14.5 Å². The number of guanidine groups is 1. The Morgan fingerprint density at radius 2 is 2.00 bits per heavy atom. The van der Waals surface area contributed by atoms with Crippen molar-refractivity contribution < 1.29 is 13.7 Å². The van der Waals surface area contributed by atoms with E-state index in [2.05, 4.69) is 17.6 Å². The molecule has 1 saturated carbocycles. The number of methoxy groups -OCH3 is 1. The van der Waals surface area contributed by atoms with Crippen molar-refractivity contribution in [3.8, 4) is 5.75 Å². The van der Waals surface area contributed by atoms with Gasteiger partial charge in [0.25, 0.3) is 0 Å². The zero-order chi connectivity index (χ0) is 20.2. The summed E-state index contributed by atoms with van der Waals surface area (Å²) in [4.78, 5) is 4.73. The Balaban J connectivity index is 1.90. The monoisotopic (exact) mass is 409 g/mol. The summed E-state index contributed by atoms with van der Waals surface area (Å²) in [6, 6.07) is 8.34. The van der Waals surface area contributed by atoms with Crippen LogP contribution in [0, 0.1) is 0 Å². The van der Waals surface area contributed by atoms with Gasteiger partial charge < -0.3 is 20.1 Å². The highest BCUT2D eigenvalue weighted by Crippen LogP contribution is 2.23. The number of hydrogen-bond acceptors (Lipinski definition) is 4. The smallest absolute Gasteiger partial charge is 0.191 e. The molecule has 1 aliphatic rings. The molecule has 158 valence electrons. The second-order valence-electron chi connectivity index (χ2n) is 6.98. The van der Waals surface area contributed by atoms with Gasteiger partial charge in [-0.1, -0.05) is 25.5 Å². The number of nitrogens with zero attached hydrogens (tertiary/aromatic N) is 1. The average molecular weight is 410 g/mol. The van der Waals surface area contributed by atoms with Gasteiger partial charge in [0.1, 0.15) is 12.4 Å². The van der Waals surface area contributed by atoms with Crippen LogP contribution in [0.3, 0.4) is 0 Å². The van der Waals surface area contributed by atoms with Crippen molar-refractivity contribution in [2.24, 2.45) is 4.99 Å². The van der Waals surface area contributed by atoms with E-state index in [-0.39, 0.29) is 0 Å². The lowest BCUT2D eigenvalue weighted by atomic mass is 9.95. The van der Waals surface area contributed by atoms with Crippen molar-refractivity contribution in [2.45, 2.75) is 57.4 Å². The third kappa shape index (κ3) is 7.80. The molecule has 2 rings (SSSR count). The van der Waals surface area contributed by atoms with E-state index in [0.29, 0.717) is 31.1 Å². The van der Waals surface area contributed by atoms with Crippen LogP contribution in [0.25, 0.3) is 0 Å². The van der Waals surface area contributed by atoms with Crippen LogP contribution in [0.2, 0.25) is 0 Å². The van der Waals surface area contributed by atoms with Gasteiger partial charge in [-0.15, -0.1) is 0 Å². The van der Waals surface area contributed by atoms with Gasteiger partial charge in [0.15, 0.2) is 5.96 Å². The molecule has 3 atom stereocenters. The summed E-state index contributed by atoms with van der Waals surface area (Å²) in [5, 5.41) is 7.19. The Hall–Kier alpha value is -1.60. The molecule has 0 heterocycles. The zero-order valence-corrected chi connectivity index (χ0v) is 18.2. The molecule has 1 aliphatic carbocycles. The van der Waals surface area contributed by atoms with E-state index < -0.39 is 10.8 Å². The number of ether oxygens (including phenoxy) is 2. The summed E-state index contributed by atoms with van der Waals surface area (Å²) < 4.78 is 22.7. The lowest BCUT2D eigenvalue weighted by Crippen LogP contribution is -2.46. The molecular formula is C21H35N3O3S. The molecule has 0 spiro atoms. The van der Waals surface area contributed by atoms with E-state index in [1.54, 1.807) is 7.11 Å². The molecule has 0 saturated heterocycles. The fraction of sp³-hybridized carbons (Fsp3) is 0.667. The molecular weight excluding hydrogens is 374 g/mol. The van der Waals surface area contributed by atoms with E-state index in [0.717, 1.165) is 55.3 Å². The fourth-order valence-electron chi connectivity index (χ4n) is 3.37. The number of hydrogen-bond donors (Lipinski definition) is 2. The number of benzene rings is 1. The summed E-state index contributed by atoms with van der Waals surface area (Å²) in [6.45, 7) is 6.62. The molecule has 28 heavy (non-hydrogen) atoms. The molecule has 0 amide bonds. The molecule has 1 fully saturated rings. The van der Waals surface area contributed by atoms with Crippen molar-refractivity contribution in [2.75, 3.05) is 32.6 Å². The van der Waals surface area contributed by atoms with Crippen LogP contribution in [-0.4, -0.2) is 54.1 Å². The summed E-state index contributed by atoms with van der Waals surface area (Å²) in [5.41, 5.74) is 1.13. The zero-order valence-electron chi connectivity index (χ0n) is 17.4. The molecule has 7 heteroatoms. The standard InChI is InChI=1S/C21H35N3O3S/c1-4-22-21(24-18-7-6-8-20(15-18)28(25)5-2)23-16-17-9-11-19(12-10-17)27-14-13-26-3/h9-12,18,20H,4-8,13-16H2,1-3H3,(H2,22,23,24). The summed E-state index contributed by atoms with van der Waals surface area (Å²) in [6.07, 6.45) is 4.26. The molecule has 0 bridgehead atoms. The average Bonchev–Trinajstić information content (AvgIpc) is 2.73. The van der Waals surface area contributed by atoms with Gasteiger partial charge in [-0.05, 0) is 43.9 Å². The first-order chi connectivity index (χ1) is 13.7. The maximum absolute atomic E-state index is 12.2. The van der Waals surface area contributed by atoms with Crippen molar-refractivity contribution in [1.82, 2.24) is 10.6 Å². The van der Waals surface area contributed by atoms with Gasteiger partial charge in [0, 0.05) is 41.5 Å². The number of nitrogens with one attached hydrogen (secondary N) is 2. The quantitative estimate of drug-likeness (QED) is 0.353. The van der Waals surface area contributed by atoms with Crippen molar-refractivity contribution in [3.05, 3.63) is 29.8 Å². The van der Waals surface area contributed by atoms with E-state index in [1.807, 2.05) is 31.2 Å². The first kappa shape index (κ1) is 22.7. The molecule has 0 aliphatic heterocycles. The van der Waals surface area contributed by atoms with Crippen LogP contribution in [0.4, 0.5) is 0 Å². The third-order valence-corrected chi connectivity index (χ3v) is 6.61. The SMILES string of the molecule is CCNC(=NCc1ccc(OCCOC)cc1)NC1CCCC(S(=O)CC)C1. The molecule has 0 radical (unpaired) electrons. The third-order valence-electron chi connectivity index (χ3n) is 4.87. The largest absolute Gasteiger partial charge is 0.491 e. The molecule has 1 aromatic rings. The molecule has 0 aromatic heterocycles. The maximum atomic E-state index is 12.2. The molecule has 6 nitrogen and oxygen atoms in total. The number of aliphatic imine (C=N–C) groups is 1. The van der Waals surface area contributed by atoms with Crippen LogP contribution in [0.1, 0.15) is 45.1 Å². The summed E-state index contributed by atoms with van der Waals surface area (Å²) >= 11 is 0. The normalized spacial score (nSPS) is 21.2. The minimum atomic E-state index is -0.712. The highest BCUT2D eigenvalue weighted by Gasteiger charge is 2.25. The molecule has 3 unspecified atom stereocenters. The van der Waals surface area contributed by atoms with E-state index >= 15 is 0 Å². The minimum Gasteiger partial charge on any atom is -0.491 e. The fourth-order valence-corrected chi connectivity index (χ4v) is 4.72. The Kier molecular flexibility index (Phi) is 10.4. The van der Waals surface area contributed by atoms with Crippen molar-refractivity contribution in [3.63, 3.8) is 0 Å². The molecule has 2 N–H and O–H groups in total. The van der Waals surface area contributed by atoms with E-state index in [9.17, 15) is 4.21 Å². The van der Waals surface area contributed by atoms with Crippen molar-refractivity contribution in [1.29, 1.82) is 0 Å². The first-order valence-corrected chi connectivity index (χ1v) is 11.7. The summed E-state index contributed by atoms with van der Waals surface area (Å²) in [7, 11) is 0.952. The topological polar surface area (TPSA) is 72.0 Å². The van der Waals surface area contributed by atoms with Crippen LogP contribution >= 0.6 is 0 Å². The second kappa shape index (κ2) is 12.8. The first-order valence-electron chi connectivity index (χ1n) is 10.3. The Morgan fingerprint density at radius 1 is 1.21 bits per heavy atom. The highest BCUT2D eigenvalue weighted by molar-refractivity contribution is 7.85. The Labute approximate surface area is 171 Å². The number of rotatable bonds is 10. The van der Waals surface area contributed by atoms with Crippen LogP contribution in [-0.2, 0) is 22.1 Å². The van der Waals surface area contributed by atoms with E-state index in [1.165, 1.54) is 0 Å². The van der Waals surface area contributed by atoms with Crippen LogP contribution < -0.4 is 15.4 Å². The van der Waals surface area contributed by atoms with Crippen LogP contribution in [0.5, 0.6) is 5.75 Å². The Bertz CT molecular complexity index is 622. The van der Waals surface area contributed by atoms with Gasteiger partial charge in [-0.2, -0.15) is 0 Å². The van der Waals surface area contributed by atoms with Gasteiger partial charge in [-0.25, -0.2) is 4.99 Å². The second-order valence-corrected chi connectivity index (χ2v) is 8.99. The predicted octanol–water partition coefficient (Wildman–Crippen LogP) is 2.85. The highest BCUT2D eigenvalue weighted by atomic mass is 32.2. The van der Waals surface area contributed by atoms with Crippen LogP contribution in [0.15, 0.2) is 29.3 Å². The lowest BCUT2D eigenvalue weighted by Gasteiger charge is -2.30. The Morgan fingerprint density at radius 3 is 2.68 bits per heavy atom. The van der Waals surface area contributed by atoms with Gasteiger partial charge in [0.2, 0.25) is 0 Å².